The van der Waals surface area contributed by atoms with Gasteiger partial charge in [-0.15, -0.1) is 0 Å². The first kappa shape index (κ1) is 13.5. The fourth-order valence-corrected chi connectivity index (χ4v) is 2.54. The Morgan fingerprint density at radius 3 is 2.68 bits per heavy atom. The molecular weight excluding hydrogens is 270 g/mol. The molecule has 0 fully saturated rings. The minimum atomic E-state index is -3.72. The first-order chi connectivity index (χ1) is 8.92. The predicted octanol–water partition coefficient (Wildman–Crippen LogP) is -0.908. The minimum absolute atomic E-state index is 0.0000810. The van der Waals surface area contributed by atoms with Crippen LogP contribution in [-0.4, -0.2) is 33.0 Å². The maximum Gasteiger partial charge on any atom is 0.246 e. The maximum absolute atomic E-state index is 12.1. The summed E-state index contributed by atoms with van der Waals surface area (Å²) in [4.78, 5) is 3.89. The van der Waals surface area contributed by atoms with Crippen LogP contribution >= 0.6 is 0 Å². The number of nitrogens with one attached hydrogen (secondary N) is 1. The second-order valence-corrected chi connectivity index (χ2v) is 5.63. The zero-order valence-corrected chi connectivity index (χ0v) is 11.4. The Bertz CT molecular complexity index is 673. The highest BCUT2D eigenvalue weighted by Gasteiger charge is 2.21. The summed E-state index contributed by atoms with van der Waals surface area (Å²) in [6.07, 6.45) is 2.89. The number of hydrogen-bond donors (Lipinski definition) is 2. The van der Waals surface area contributed by atoms with E-state index in [2.05, 4.69) is 19.9 Å². The molecule has 2 rings (SSSR count). The highest BCUT2D eigenvalue weighted by Crippen LogP contribution is 2.15. The second-order valence-electron chi connectivity index (χ2n) is 3.89. The standard InChI is InChI=1S/C9H15N7O2S/c1-3-16-5-7(9(10)14-16)19(17,18)12-4-8-11-6-15(2)13-8/h5-6,12H,3-4H2,1-2H3,(H2,10,14). The normalized spacial score (nSPS) is 11.9. The summed E-state index contributed by atoms with van der Waals surface area (Å²) in [6, 6.07) is 0. The largest absolute Gasteiger partial charge is 0.381 e. The van der Waals surface area contributed by atoms with E-state index in [9.17, 15) is 8.42 Å². The minimum Gasteiger partial charge on any atom is -0.381 e. The smallest absolute Gasteiger partial charge is 0.246 e. The molecule has 2 aromatic rings. The number of aromatic nitrogens is 5. The van der Waals surface area contributed by atoms with Crippen molar-refractivity contribution >= 4 is 15.8 Å². The molecule has 0 aliphatic heterocycles. The van der Waals surface area contributed by atoms with Gasteiger partial charge in [-0.3, -0.25) is 9.36 Å². The number of anilines is 1. The molecule has 0 saturated heterocycles. The Kier molecular flexibility index (Phi) is 3.53. The third-order valence-electron chi connectivity index (χ3n) is 2.44. The van der Waals surface area contributed by atoms with Crippen LogP contribution in [-0.2, 0) is 30.2 Å². The Morgan fingerprint density at radius 2 is 2.16 bits per heavy atom. The number of rotatable bonds is 5. The van der Waals surface area contributed by atoms with Crippen molar-refractivity contribution in [1.82, 2.24) is 29.3 Å². The molecule has 104 valence electrons. The molecule has 0 unspecified atom stereocenters. The lowest BCUT2D eigenvalue weighted by atomic mass is 10.6. The molecule has 0 aromatic carbocycles. The van der Waals surface area contributed by atoms with E-state index in [0.29, 0.717) is 12.4 Å². The van der Waals surface area contributed by atoms with Crippen molar-refractivity contribution in [2.45, 2.75) is 24.9 Å². The topological polar surface area (TPSA) is 121 Å². The maximum atomic E-state index is 12.1. The van der Waals surface area contributed by atoms with Crippen LogP contribution in [0, 0.1) is 0 Å². The van der Waals surface area contributed by atoms with Crippen LogP contribution in [0.4, 0.5) is 5.82 Å². The van der Waals surface area contributed by atoms with Gasteiger partial charge in [0.25, 0.3) is 0 Å². The van der Waals surface area contributed by atoms with Crippen LogP contribution in [0.3, 0.4) is 0 Å². The van der Waals surface area contributed by atoms with Crippen molar-refractivity contribution in [3.05, 3.63) is 18.3 Å². The molecule has 0 amide bonds. The van der Waals surface area contributed by atoms with Gasteiger partial charge in [0.15, 0.2) is 11.6 Å². The highest BCUT2D eigenvalue weighted by atomic mass is 32.2. The third kappa shape index (κ3) is 2.90. The van der Waals surface area contributed by atoms with Crippen molar-refractivity contribution in [2.75, 3.05) is 5.73 Å². The van der Waals surface area contributed by atoms with Crippen molar-refractivity contribution in [3.8, 4) is 0 Å². The lowest BCUT2D eigenvalue weighted by molar-refractivity contribution is 0.578. The van der Waals surface area contributed by atoms with Crippen molar-refractivity contribution < 1.29 is 8.42 Å². The summed E-state index contributed by atoms with van der Waals surface area (Å²) in [6.45, 7) is 2.38. The van der Waals surface area contributed by atoms with Crippen LogP contribution in [0.25, 0.3) is 0 Å². The lowest BCUT2D eigenvalue weighted by Gasteiger charge is -2.02. The molecule has 2 aromatic heterocycles. The Morgan fingerprint density at radius 1 is 1.42 bits per heavy atom. The van der Waals surface area contributed by atoms with E-state index in [1.807, 2.05) is 6.92 Å². The molecule has 10 heteroatoms. The Hall–Kier alpha value is -1.94. The van der Waals surface area contributed by atoms with E-state index in [1.54, 1.807) is 7.05 Å². The molecule has 0 aliphatic carbocycles. The molecule has 3 N–H and O–H groups in total. The second kappa shape index (κ2) is 4.97. The number of nitrogen functional groups attached to an aromatic ring is 1. The average Bonchev–Trinajstić information content (AvgIpc) is 2.93. The molecule has 0 saturated carbocycles. The zero-order valence-electron chi connectivity index (χ0n) is 10.6. The van der Waals surface area contributed by atoms with Gasteiger partial charge < -0.3 is 5.73 Å². The van der Waals surface area contributed by atoms with Crippen LogP contribution < -0.4 is 10.5 Å². The molecule has 0 spiro atoms. The van der Waals surface area contributed by atoms with Gasteiger partial charge in [-0.1, -0.05) is 0 Å². The van der Waals surface area contributed by atoms with Crippen molar-refractivity contribution in [2.24, 2.45) is 7.05 Å². The first-order valence-corrected chi connectivity index (χ1v) is 7.08. The monoisotopic (exact) mass is 285 g/mol. The average molecular weight is 285 g/mol. The van der Waals surface area contributed by atoms with Crippen molar-refractivity contribution in [3.63, 3.8) is 0 Å². The summed E-state index contributed by atoms with van der Waals surface area (Å²) in [7, 11) is -2.01. The Labute approximate surface area is 110 Å². The number of sulfonamides is 1. The van der Waals surface area contributed by atoms with Gasteiger partial charge in [-0.2, -0.15) is 10.2 Å². The molecule has 0 aliphatic rings. The summed E-state index contributed by atoms with van der Waals surface area (Å²) in [5.74, 6) is 0.357. The van der Waals surface area contributed by atoms with Crippen LogP contribution in [0.5, 0.6) is 0 Å². The SMILES string of the molecule is CCn1cc(S(=O)(=O)NCc2ncn(C)n2)c(N)n1. The van der Waals surface area contributed by atoms with Gasteiger partial charge >= 0.3 is 0 Å². The van der Waals surface area contributed by atoms with Crippen molar-refractivity contribution in [1.29, 1.82) is 0 Å². The number of nitrogens with zero attached hydrogens (tertiary/aromatic N) is 5. The molecule has 9 nitrogen and oxygen atoms in total. The van der Waals surface area contributed by atoms with Gasteiger partial charge in [0, 0.05) is 19.8 Å². The van der Waals surface area contributed by atoms with Gasteiger partial charge in [0.05, 0.1) is 6.54 Å². The zero-order chi connectivity index (χ0) is 14.0. The number of hydrogen-bond acceptors (Lipinski definition) is 6. The summed E-state index contributed by atoms with van der Waals surface area (Å²) in [5, 5.41) is 7.87. The summed E-state index contributed by atoms with van der Waals surface area (Å²) < 4.78 is 29.4. The van der Waals surface area contributed by atoms with E-state index >= 15 is 0 Å². The van der Waals surface area contributed by atoms with Gasteiger partial charge in [-0.05, 0) is 6.92 Å². The van der Waals surface area contributed by atoms with Crippen LogP contribution in [0.2, 0.25) is 0 Å². The molecule has 0 bridgehead atoms. The van der Waals surface area contributed by atoms with Crippen LogP contribution in [0.15, 0.2) is 17.4 Å². The molecular formula is C9H15N7O2S. The van der Waals surface area contributed by atoms with E-state index in [0.717, 1.165) is 0 Å². The number of aryl methyl sites for hydroxylation is 2. The Balaban J connectivity index is 2.15. The van der Waals surface area contributed by atoms with Crippen LogP contribution in [0.1, 0.15) is 12.7 Å². The molecule has 0 radical (unpaired) electrons. The quantitative estimate of drug-likeness (QED) is 0.733. The lowest BCUT2D eigenvalue weighted by Crippen LogP contribution is -2.24. The molecule has 0 atom stereocenters. The summed E-state index contributed by atoms with van der Waals surface area (Å²) in [5.41, 5.74) is 5.59. The number of nitrogens with two attached hydrogens (primary N) is 1. The summed E-state index contributed by atoms with van der Waals surface area (Å²) >= 11 is 0. The van der Waals surface area contributed by atoms with E-state index in [-0.39, 0.29) is 17.3 Å². The fourth-order valence-electron chi connectivity index (χ4n) is 1.49. The van der Waals surface area contributed by atoms with Gasteiger partial charge in [0.2, 0.25) is 10.0 Å². The fraction of sp³-hybridized carbons (Fsp3) is 0.444. The molecule has 19 heavy (non-hydrogen) atoms. The van der Waals surface area contributed by atoms with E-state index < -0.39 is 10.0 Å². The third-order valence-corrected chi connectivity index (χ3v) is 3.85. The highest BCUT2D eigenvalue weighted by molar-refractivity contribution is 7.89. The van der Waals surface area contributed by atoms with Gasteiger partial charge in [0.1, 0.15) is 11.2 Å². The van der Waals surface area contributed by atoms with Gasteiger partial charge in [-0.25, -0.2) is 18.1 Å². The van der Waals surface area contributed by atoms with E-state index in [4.69, 9.17) is 5.73 Å². The molecule has 2 heterocycles. The predicted molar refractivity (Wildman–Crippen MR) is 67.3 cm³/mol. The first-order valence-electron chi connectivity index (χ1n) is 5.59. The van der Waals surface area contributed by atoms with E-state index in [1.165, 1.54) is 21.9 Å².